The van der Waals surface area contributed by atoms with Gasteiger partial charge in [0.25, 0.3) is 0 Å². The fraction of sp³-hybridized carbons (Fsp3) is 0.533. The van der Waals surface area contributed by atoms with Crippen LogP contribution in [-0.4, -0.2) is 37.8 Å². The van der Waals surface area contributed by atoms with Gasteiger partial charge in [0.05, 0.1) is 13.7 Å². The van der Waals surface area contributed by atoms with E-state index in [4.69, 9.17) is 9.84 Å². The molecule has 0 aromatic heterocycles. The topological polar surface area (TPSA) is 70.6 Å². The van der Waals surface area contributed by atoms with Crippen LogP contribution in [-0.2, 0) is 4.79 Å². The van der Waals surface area contributed by atoms with Crippen LogP contribution in [0, 0.1) is 5.92 Å². The maximum absolute atomic E-state index is 11.7. The van der Waals surface area contributed by atoms with E-state index in [1.54, 1.807) is 31.4 Å². The number of carbonyl (C=O) groups is 1. The van der Waals surface area contributed by atoms with Crippen LogP contribution in [0.1, 0.15) is 19.8 Å². The largest absolute Gasteiger partial charge is 0.497 e. The minimum atomic E-state index is -0.0645. The van der Waals surface area contributed by atoms with Gasteiger partial charge in [-0.25, -0.2) is 0 Å². The Kier molecular flexibility index (Phi) is 7.69. The lowest BCUT2D eigenvalue weighted by Crippen LogP contribution is -2.29. The molecule has 20 heavy (non-hydrogen) atoms. The van der Waals surface area contributed by atoms with E-state index in [9.17, 15) is 4.79 Å². The highest BCUT2D eigenvalue weighted by Gasteiger charge is 2.03. The first-order valence-corrected chi connectivity index (χ1v) is 6.91. The fourth-order valence-corrected chi connectivity index (χ4v) is 1.75. The van der Waals surface area contributed by atoms with Crippen LogP contribution in [0.4, 0.5) is 5.69 Å². The number of aliphatic hydroxyl groups is 1. The Morgan fingerprint density at radius 3 is 2.65 bits per heavy atom. The van der Waals surface area contributed by atoms with Gasteiger partial charge in [-0.05, 0) is 49.6 Å². The van der Waals surface area contributed by atoms with E-state index >= 15 is 0 Å². The third-order valence-corrected chi connectivity index (χ3v) is 3.02. The summed E-state index contributed by atoms with van der Waals surface area (Å²) >= 11 is 0. The van der Waals surface area contributed by atoms with Crippen LogP contribution in [0.3, 0.4) is 0 Å². The summed E-state index contributed by atoms with van der Waals surface area (Å²) in [5.41, 5.74) is 0.756. The van der Waals surface area contributed by atoms with Crippen molar-refractivity contribution in [2.24, 2.45) is 5.92 Å². The average Bonchev–Trinajstić information content (AvgIpc) is 2.47. The minimum Gasteiger partial charge on any atom is -0.497 e. The number of methoxy groups -OCH3 is 1. The van der Waals surface area contributed by atoms with E-state index in [1.807, 2.05) is 6.92 Å². The van der Waals surface area contributed by atoms with Crippen LogP contribution in [0.5, 0.6) is 5.75 Å². The molecule has 0 fully saturated rings. The minimum absolute atomic E-state index is 0.0645. The predicted octanol–water partition coefficient (Wildman–Crippen LogP) is 1.63. The molecule has 0 heterocycles. The van der Waals surface area contributed by atoms with E-state index in [0.29, 0.717) is 12.5 Å². The number of amides is 1. The van der Waals surface area contributed by atoms with Gasteiger partial charge in [-0.1, -0.05) is 6.92 Å². The lowest BCUT2D eigenvalue weighted by Gasteiger charge is -2.09. The van der Waals surface area contributed by atoms with Crippen molar-refractivity contribution >= 4 is 11.6 Å². The van der Waals surface area contributed by atoms with Gasteiger partial charge in [-0.15, -0.1) is 0 Å². The number of anilines is 1. The standard InChI is InChI=1S/C15H24N2O3/c1-12(11-18)4-3-9-16-10-15(19)17-13-5-7-14(20-2)8-6-13/h5-8,12,16,18H,3-4,9-11H2,1-2H3,(H,17,19). The normalized spacial score (nSPS) is 11.9. The Morgan fingerprint density at radius 2 is 2.05 bits per heavy atom. The van der Waals surface area contributed by atoms with E-state index in [2.05, 4.69) is 10.6 Å². The SMILES string of the molecule is COc1ccc(NC(=O)CNCCCC(C)CO)cc1. The van der Waals surface area contributed by atoms with Crippen molar-refractivity contribution in [3.05, 3.63) is 24.3 Å². The molecule has 5 nitrogen and oxygen atoms in total. The molecule has 3 N–H and O–H groups in total. The molecule has 1 aromatic carbocycles. The molecule has 0 aliphatic rings. The number of rotatable bonds is 9. The first-order valence-electron chi connectivity index (χ1n) is 6.91. The summed E-state index contributed by atoms with van der Waals surface area (Å²) < 4.78 is 5.05. The third kappa shape index (κ3) is 6.54. The highest BCUT2D eigenvalue weighted by molar-refractivity contribution is 5.92. The van der Waals surface area contributed by atoms with Crippen LogP contribution in [0.15, 0.2) is 24.3 Å². The van der Waals surface area contributed by atoms with E-state index < -0.39 is 0 Å². The molecule has 112 valence electrons. The lowest BCUT2D eigenvalue weighted by atomic mass is 10.1. The Bertz CT molecular complexity index is 393. The van der Waals surface area contributed by atoms with Gasteiger partial charge in [-0.2, -0.15) is 0 Å². The molecule has 0 saturated heterocycles. The average molecular weight is 280 g/mol. The maximum Gasteiger partial charge on any atom is 0.238 e. The number of benzene rings is 1. The second kappa shape index (κ2) is 9.34. The zero-order valence-corrected chi connectivity index (χ0v) is 12.2. The number of ether oxygens (including phenoxy) is 1. The molecule has 0 radical (unpaired) electrons. The number of hydrogen-bond donors (Lipinski definition) is 3. The molecule has 0 aliphatic heterocycles. The molecule has 1 rings (SSSR count). The fourth-order valence-electron chi connectivity index (χ4n) is 1.75. The van der Waals surface area contributed by atoms with Crippen LogP contribution in [0.25, 0.3) is 0 Å². The zero-order chi connectivity index (χ0) is 14.8. The van der Waals surface area contributed by atoms with Crippen LogP contribution < -0.4 is 15.4 Å². The van der Waals surface area contributed by atoms with Gasteiger partial charge in [0.15, 0.2) is 0 Å². The summed E-state index contributed by atoms with van der Waals surface area (Å²) in [5, 5.41) is 14.8. The molecule has 1 amide bonds. The second-order valence-corrected chi connectivity index (χ2v) is 4.88. The molecule has 1 aromatic rings. The van der Waals surface area contributed by atoms with E-state index in [0.717, 1.165) is 30.8 Å². The highest BCUT2D eigenvalue weighted by atomic mass is 16.5. The molecule has 0 aliphatic carbocycles. The molecule has 1 atom stereocenters. The van der Waals surface area contributed by atoms with Gasteiger partial charge in [0.2, 0.25) is 5.91 Å². The number of carbonyl (C=O) groups excluding carboxylic acids is 1. The summed E-state index contributed by atoms with van der Waals surface area (Å²) in [6.07, 6.45) is 1.92. The van der Waals surface area contributed by atoms with Gasteiger partial charge in [-0.3, -0.25) is 4.79 Å². The second-order valence-electron chi connectivity index (χ2n) is 4.88. The quantitative estimate of drug-likeness (QED) is 0.601. The summed E-state index contributed by atoms with van der Waals surface area (Å²) in [6.45, 7) is 3.30. The van der Waals surface area contributed by atoms with Gasteiger partial charge in [0, 0.05) is 12.3 Å². The van der Waals surface area contributed by atoms with Gasteiger partial charge < -0.3 is 20.5 Å². The molecule has 0 saturated carbocycles. The van der Waals surface area contributed by atoms with Crippen molar-refractivity contribution in [1.29, 1.82) is 0 Å². The highest BCUT2D eigenvalue weighted by Crippen LogP contribution is 2.14. The summed E-state index contributed by atoms with van der Waals surface area (Å²) in [7, 11) is 1.61. The summed E-state index contributed by atoms with van der Waals surface area (Å²) in [5.74, 6) is 1.02. The molecule has 5 heteroatoms. The number of nitrogens with one attached hydrogen (secondary N) is 2. The Balaban J connectivity index is 2.16. The first kappa shape index (κ1) is 16.5. The number of hydrogen-bond acceptors (Lipinski definition) is 4. The van der Waals surface area contributed by atoms with Crippen LogP contribution in [0.2, 0.25) is 0 Å². The number of aliphatic hydroxyl groups excluding tert-OH is 1. The lowest BCUT2D eigenvalue weighted by molar-refractivity contribution is -0.115. The summed E-state index contributed by atoms with van der Waals surface area (Å²) in [6, 6.07) is 7.22. The van der Waals surface area contributed by atoms with Crippen molar-refractivity contribution in [2.45, 2.75) is 19.8 Å². The predicted molar refractivity (Wildman–Crippen MR) is 80.0 cm³/mol. The molecule has 1 unspecified atom stereocenters. The zero-order valence-electron chi connectivity index (χ0n) is 12.2. The Hall–Kier alpha value is -1.59. The monoisotopic (exact) mass is 280 g/mol. The van der Waals surface area contributed by atoms with E-state index in [1.165, 1.54) is 0 Å². The Morgan fingerprint density at radius 1 is 1.35 bits per heavy atom. The van der Waals surface area contributed by atoms with Crippen LogP contribution >= 0.6 is 0 Å². The first-order chi connectivity index (χ1) is 9.65. The smallest absolute Gasteiger partial charge is 0.238 e. The molecule has 0 spiro atoms. The third-order valence-electron chi connectivity index (χ3n) is 3.02. The van der Waals surface area contributed by atoms with Gasteiger partial charge >= 0.3 is 0 Å². The van der Waals surface area contributed by atoms with Crippen molar-refractivity contribution < 1.29 is 14.6 Å². The van der Waals surface area contributed by atoms with E-state index in [-0.39, 0.29) is 12.5 Å². The molecule has 0 bridgehead atoms. The Labute approximate surface area is 120 Å². The maximum atomic E-state index is 11.7. The van der Waals surface area contributed by atoms with Crippen molar-refractivity contribution in [2.75, 3.05) is 32.1 Å². The summed E-state index contributed by atoms with van der Waals surface area (Å²) in [4.78, 5) is 11.7. The molecular weight excluding hydrogens is 256 g/mol. The van der Waals surface area contributed by atoms with Crippen molar-refractivity contribution in [1.82, 2.24) is 5.32 Å². The van der Waals surface area contributed by atoms with Crippen molar-refractivity contribution in [3.8, 4) is 5.75 Å². The van der Waals surface area contributed by atoms with Crippen molar-refractivity contribution in [3.63, 3.8) is 0 Å². The molecular formula is C15H24N2O3. The van der Waals surface area contributed by atoms with Gasteiger partial charge in [0.1, 0.15) is 5.75 Å².